The van der Waals surface area contributed by atoms with Gasteiger partial charge in [0.25, 0.3) is 5.82 Å². The molecule has 4 aromatic carbocycles. The van der Waals surface area contributed by atoms with E-state index in [0.29, 0.717) is 22.0 Å². The van der Waals surface area contributed by atoms with Gasteiger partial charge in [-0.05, 0) is 80.8 Å². The molecule has 2 aliphatic rings. The first-order chi connectivity index (χ1) is 32.4. The van der Waals surface area contributed by atoms with E-state index >= 15 is 4.79 Å². The summed E-state index contributed by atoms with van der Waals surface area (Å²) >= 11 is 0. The highest BCUT2D eigenvalue weighted by Gasteiger charge is 2.60. The Balaban J connectivity index is 1.36. The van der Waals surface area contributed by atoms with E-state index in [9.17, 15) is 22.9 Å². The first-order valence-corrected chi connectivity index (χ1v) is 23.2. The fourth-order valence-electron chi connectivity index (χ4n) is 9.19. The van der Waals surface area contributed by atoms with Crippen LogP contribution >= 0.6 is 8.53 Å². The van der Waals surface area contributed by atoms with E-state index in [1.54, 1.807) is 44.6 Å². The molecule has 360 valence electrons. The summed E-state index contributed by atoms with van der Waals surface area (Å²) in [6, 6.07) is 32.4. The number of alkyl halides is 3. The van der Waals surface area contributed by atoms with Crippen molar-refractivity contribution in [1.29, 1.82) is 0 Å². The minimum atomic E-state index is -5.08. The second-order valence-electron chi connectivity index (χ2n) is 17.2. The van der Waals surface area contributed by atoms with Crippen molar-refractivity contribution in [1.82, 2.24) is 19.4 Å². The average molecular weight is 960 g/mol. The lowest BCUT2D eigenvalue weighted by molar-refractivity contribution is -0.861. The summed E-state index contributed by atoms with van der Waals surface area (Å²) < 4.78 is 72.2. The van der Waals surface area contributed by atoms with Gasteiger partial charge < -0.3 is 34.5 Å². The van der Waals surface area contributed by atoms with Crippen LogP contribution in [-0.4, -0.2) is 120 Å². The van der Waals surface area contributed by atoms with Crippen molar-refractivity contribution in [3.63, 3.8) is 0 Å². The quantitative estimate of drug-likeness (QED) is 0.0493. The lowest BCUT2D eigenvalue weighted by Gasteiger charge is -2.47. The number of hydrogen-bond donors (Lipinski definition) is 2. The number of ether oxygens (including phenoxy) is 4. The number of rotatable bonds is 18. The molecule has 0 bridgehead atoms. The fourth-order valence-corrected chi connectivity index (χ4v) is 10.9. The van der Waals surface area contributed by atoms with Gasteiger partial charge in [-0.15, -0.1) is 4.48 Å². The van der Waals surface area contributed by atoms with E-state index in [1.807, 2.05) is 107 Å². The zero-order valence-electron chi connectivity index (χ0n) is 38.9. The van der Waals surface area contributed by atoms with E-state index in [2.05, 4.69) is 15.0 Å². The van der Waals surface area contributed by atoms with Crippen molar-refractivity contribution < 1.29 is 55.4 Å². The summed E-state index contributed by atoms with van der Waals surface area (Å²) in [5.74, 6) is -0.975. The van der Waals surface area contributed by atoms with Gasteiger partial charge in [0.05, 0.1) is 51.4 Å². The van der Waals surface area contributed by atoms with Crippen molar-refractivity contribution in [2.24, 2.45) is 4.99 Å². The summed E-state index contributed by atoms with van der Waals surface area (Å²) in [4.78, 5) is 53.9. The SMILES string of the molecule is COc1ccc(C(OC[C@H]2O[C@@H]([N+]3(C(=O)c4ccccc4)C=Nc4c(N)ncnc43)C[C@@H]2OP(O)[N+](CCN(C)C(=O)C(F)(F)F)(C(C)C)C(C)C)(c2ccccc2)c2ccc(OC)cc2)cc1. The number of nitrogens with zero attached hydrogens (tertiary/aromatic N) is 6. The van der Waals surface area contributed by atoms with E-state index < -0.39 is 67.1 Å². The van der Waals surface area contributed by atoms with Crippen LogP contribution in [0.1, 0.15) is 61.2 Å². The largest absolute Gasteiger partial charge is 0.497 e. The molecule has 0 saturated carbocycles. The van der Waals surface area contributed by atoms with Crippen LogP contribution in [0.4, 0.5) is 30.5 Å². The Kier molecular flexibility index (Phi) is 15.0. The summed E-state index contributed by atoms with van der Waals surface area (Å²) in [6.45, 7) is 6.75. The van der Waals surface area contributed by atoms with Crippen molar-refractivity contribution in [2.45, 2.75) is 76.4 Å². The minimum absolute atomic E-state index is 0.0343. The molecule has 0 radical (unpaired) electrons. The number of nitrogen functional groups attached to an aromatic ring is 1. The number of amides is 2. The molecule has 5 aromatic rings. The maximum absolute atomic E-state index is 15.1. The van der Waals surface area contributed by atoms with Gasteiger partial charge >= 0.3 is 26.5 Å². The van der Waals surface area contributed by atoms with E-state index in [4.69, 9.17) is 29.2 Å². The number of carbonyl (C=O) groups is 2. The Hall–Kier alpha value is -5.85. The lowest BCUT2D eigenvalue weighted by atomic mass is 9.80. The minimum Gasteiger partial charge on any atom is -0.497 e. The number of aliphatic imine (C=N–C) groups is 1. The van der Waals surface area contributed by atoms with Gasteiger partial charge in [-0.25, -0.2) is 9.78 Å². The number of nitrogens with two attached hydrogens (primary N) is 1. The molecule has 2 amide bonds. The second kappa shape index (κ2) is 20.4. The van der Waals surface area contributed by atoms with Gasteiger partial charge in [0.2, 0.25) is 12.6 Å². The summed E-state index contributed by atoms with van der Waals surface area (Å²) in [6.07, 6.45) is -5.59. The molecular formula is C49H57F3N7O8P+2. The molecule has 19 heteroatoms. The third kappa shape index (κ3) is 9.33. The smallest absolute Gasteiger partial charge is 0.471 e. The van der Waals surface area contributed by atoms with E-state index in [0.717, 1.165) is 23.7 Å². The van der Waals surface area contributed by atoms with Crippen LogP contribution in [0.5, 0.6) is 11.5 Å². The number of quaternary nitrogens is 2. The zero-order valence-corrected chi connectivity index (χ0v) is 39.8. The highest BCUT2D eigenvalue weighted by Crippen LogP contribution is 2.54. The number of fused-ring (bicyclic) bond motifs is 1. The van der Waals surface area contributed by atoms with Gasteiger partial charge in [0.1, 0.15) is 42.2 Å². The van der Waals surface area contributed by atoms with Crippen LogP contribution in [0.15, 0.2) is 121 Å². The van der Waals surface area contributed by atoms with Gasteiger partial charge in [-0.2, -0.15) is 23.1 Å². The number of carbonyl (C=O) groups excluding carboxylic acids is 2. The molecule has 5 atom stereocenters. The Labute approximate surface area is 395 Å². The van der Waals surface area contributed by atoms with Crippen LogP contribution in [0.25, 0.3) is 0 Å². The predicted molar refractivity (Wildman–Crippen MR) is 252 cm³/mol. The Bertz CT molecular complexity index is 2500. The second-order valence-corrected chi connectivity index (χ2v) is 18.7. The van der Waals surface area contributed by atoms with Crippen molar-refractivity contribution in [3.8, 4) is 11.5 Å². The van der Waals surface area contributed by atoms with Gasteiger partial charge in [-0.1, -0.05) is 72.8 Å². The number of benzene rings is 4. The Morgan fingerprint density at radius 2 is 1.41 bits per heavy atom. The maximum Gasteiger partial charge on any atom is 0.471 e. The van der Waals surface area contributed by atoms with Gasteiger partial charge in [-0.3, -0.25) is 13.6 Å². The molecule has 1 fully saturated rings. The van der Waals surface area contributed by atoms with Crippen LogP contribution in [0.2, 0.25) is 0 Å². The topological polar surface area (TPSA) is 168 Å². The first-order valence-electron chi connectivity index (χ1n) is 22.1. The molecule has 1 saturated heterocycles. The third-order valence-corrected chi connectivity index (χ3v) is 15.1. The standard InChI is InChI=1S/C49H57F3N7O8P/c1-32(2)59(33(3)4,27-26-57(5)47(61)49(50,51)52)68(62)67-40-28-42(58(46(60)34-14-10-8-11-15-34)31-56-43-44(53)54-30-55-45(43)58)66-41(40)29-65-48(35-16-12-9-13-17-35,36-18-22-38(63-6)23-19-36)37-20-24-39(64-7)25-21-37/h8-25,30-33,40-42,62H,26-29H2,1-7H3,(H2,53,54,55)/q+2/t40-,41+,42+,58?,68?/m0/s1. The number of anilines is 1. The molecule has 3 N–H and O–H groups in total. The number of methoxy groups -OCH3 is 2. The molecule has 3 heterocycles. The molecule has 68 heavy (non-hydrogen) atoms. The molecule has 7 rings (SSSR count). The monoisotopic (exact) mass is 959 g/mol. The molecule has 0 aliphatic carbocycles. The normalized spacial score (nSPS) is 19.8. The number of likely N-dealkylation sites (N-methyl/N-ethyl adjacent to an activating group) is 1. The average Bonchev–Trinajstić information content (AvgIpc) is 3.94. The van der Waals surface area contributed by atoms with E-state index in [-0.39, 0.29) is 47.7 Å². The predicted octanol–water partition coefficient (Wildman–Crippen LogP) is 8.28. The highest BCUT2D eigenvalue weighted by molar-refractivity contribution is 7.39. The van der Waals surface area contributed by atoms with Crippen LogP contribution in [0.3, 0.4) is 0 Å². The summed E-state index contributed by atoms with van der Waals surface area (Å²) in [5, 5.41) is 0. The molecule has 0 spiro atoms. The highest BCUT2D eigenvalue weighted by atomic mass is 31.2. The van der Waals surface area contributed by atoms with Crippen molar-refractivity contribution in [2.75, 3.05) is 46.7 Å². The summed E-state index contributed by atoms with van der Waals surface area (Å²) in [7, 11) is 1.66. The number of aromatic nitrogens is 2. The molecule has 2 unspecified atom stereocenters. The van der Waals surface area contributed by atoms with E-state index in [1.165, 1.54) is 12.7 Å². The Morgan fingerprint density at radius 1 is 0.868 bits per heavy atom. The zero-order chi connectivity index (χ0) is 49.0. The third-order valence-electron chi connectivity index (χ3n) is 12.9. The molecular weight excluding hydrogens is 903 g/mol. The van der Waals surface area contributed by atoms with Crippen molar-refractivity contribution >= 4 is 44.0 Å². The van der Waals surface area contributed by atoms with Crippen molar-refractivity contribution in [3.05, 3.63) is 138 Å². The lowest BCUT2D eigenvalue weighted by Crippen LogP contribution is -2.59. The first kappa shape index (κ1) is 50.0. The number of hydrogen-bond acceptors (Lipinski definition) is 12. The van der Waals surface area contributed by atoms with Crippen LogP contribution < -0.4 is 19.7 Å². The number of halogens is 3. The Morgan fingerprint density at radius 3 is 1.94 bits per heavy atom. The molecule has 15 nitrogen and oxygen atoms in total. The molecule has 2 aliphatic heterocycles. The fraction of sp³-hybridized carbons (Fsp3) is 0.367. The van der Waals surface area contributed by atoms with Gasteiger partial charge in [0.15, 0.2) is 11.5 Å². The molecule has 1 aromatic heterocycles. The summed E-state index contributed by atoms with van der Waals surface area (Å²) in [5.41, 5.74) is 7.75. The van der Waals surface area contributed by atoms with Crippen LogP contribution in [0, 0.1) is 0 Å². The maximum atomic E-state index is 15.1. The van der Waals surface area contributed by atoms with Gasteiger partial charge in [0, 0.05) is 7.05 Å². The van der Waals surface area contributed by atoms with Crippen LogP contribution in [-0.2, 0) is 24.4 Å².